The highest BCUT2D eigenvalue weighted by atomic mass is 16.3. The van der Waals surface area contributed by atoms with Crippen molar-refractivity contribution in [2.45, 2.75) is 33.6 Å². The number of aryl methyl sites for hydroxylation is 2. The molecule has 0 aliphatic heterocycles. The molecule has 2 aromatic heterocycles. The lowest BCUT2D eigenvalue weighted by molar-refractivity contribution is 0.433. The van der Waals surface area contributed by atoms with Gasteiger partial charge in [-0.2, -0.15) is 9.78 Å². The van der Waals surface area contributed by atoms with Gasteiger partial charge in [-0.05, 0) is 30.9 Å². The van der Waals surface area contributed by atoms with Gasteiger partial charge in [-0.3, -0.25) is 0 Å². The van der Waals surface area contributed by atoms with Gasteiger partial charge in [0.05, 0.1) is 0 Å². The van der Waals surface area contributed by atoms with Crippen molar-refractivity contribution >= 4 is 5.65 Å². The Morgan fingerprint density at radius 2 is 2.22 bits per heavy atom. The standard InChI is InChI=1S/C13H16N4O/c1-8(2)4-5-11-15-12-6-9(3)10(7-14)13(18)17(12)16-11/h6,8,18H,4-5H2,1-3H3. The summed E-state index contributed by atoms with van der Waals surface area (Å²) in [7, 11) is 0. The fraction of sp³-hybridized carbons (Fsp3) is 0.462. The van der Waals surface area contributed by atoms with E-state index >= 15 is 0 Å². The highest BCUT2D eigenvalue weighted by Crippen LogP contribution is 2.22. The van der Waals surface area contributed by atoms with Crippen LogP contribution in [-0.2, 0) is 6.42 Å². The van der Waals surface area contributed by atoms with Crippen LogP contribution in [0.4, 0.5) is 0 Å². The predicted molar refractivity (Wildman–Crippen MR) is 67.3 cm³/mol. The minimum atomic E-state index is -0.129. The van der Waals surface area contributed by atoms with Crippen molar-refractivity contribution in [1.29, 1.82) is 5.26 Å². The first kappa shape index (κ1) is 12.4. The van der Waals surface area contributed by atoms with E-state index in [-0.39, 0.29) is 11.4 Å². The van der Waals surface area contributed by atoms with Crippen LogP contribution < -0.4 is 0 Å². The summed E-state index contributed by atoms with van der Waals surface area (Å²) in [6.07, 6.45) is 1.78. The van der Waals surface area contributed by atoms with E-state index in [4.69, 9.17) is 5.26 Å². The maximum atomic E-state index is 9.96. The van der Waals surface area contributed by atoms with Crippen molar-refractivity contribution in [3.8, 4) is 11.9 Å². The molecule has 2 heterocycles. The highest BCUT2D eigenvalue weighted by molar-refractivity contribution is 5.53. The number of aromatic nitrogens is 3. The topological polar surface area (TPSA) is 74.2 Å². The molecule has 94 valence electrons. The summed E-state index contributed by atoms with van der Waals surface area (Å²) in [4.78, 5) is 4.36. The van der Waals surface area contributed by atoms with E-state index < -0.39 is 0 Å². The summed E-state index contributed by atoms with van der Waals surface area (Å²) in [5.41, 5.74) is 1.55. The average Bonchev–Trinajstić information content (AvgIpc) is 2.70. The number of nitriles is 1. The zero-order valence-electron chi connectivity index (χ0n) is 10.8. The van der Waals surface area contributed by atoms with Gasteiger partial charge in [0, 0.05) is 6.42 Å². The number of fused-ring (bicyclic) bond motifs is 1. The third-order valence-electron chi connectivity index (χ3n) is 2.90. The Labute approximate surface area is 106 Å². The van der Waals surface area contributed by atoms with Crippen molar-refractivity contribution < 1.29 is 5.11 Å². The minimum absolute atomic E-state index is 0.129. The van der Waals surface area contributed by atoms with Gasteiger partial charge >= 0.3 is 0 Å². The molecule has 0 spiro atoms. The third-order valence-corrected chi connectivity index (χ3v) is 2.90. The van der Waals surface area contributed by atoms with Gasteiger partial charge in [-0.15, -0.1) is 5.10 Å². The van der Waals surface area contributed by atoms with E-state index in [1.807, 2.05) is 6.07 Å². The van der Waals surface area contributed by atoms with E-state index in [0.29, 0.717) is 23.0 Å². The summed E-state index contributed by atoms with van der Waals surface area (Å²) in [5, 5.41) is 23.2. The van der Waals surface area contributed by atoms with Crippen molar-refractivity contribution in [2.24, 2.45) is 5.92 Å². The molecule has 0 atom stereocenters. The molecule has 0 bridgehead atoms. The van der Waals surface area contributed by atoms with Crippen LogP contribution in [0, 0.1) is 24.2 Å². The first-order chi connectivity index (χ1) is 8.52. The van der Waals surface area contributed by atoms with E-state index in [1.165, 1.54) is 4.52 Å². The van der Waals surface area contributed by atoms with E-state index in [2.05, 4.69) is 23.9 Å². The van der Waals surface area contributed by atoms with Gasteiger partial charge in [0.1, 0.15) is 11.6 Å². The number of hydrogen-bond acceptors (Lipinski definition) is 4. The highest BCUT2D eigenvalue weighted by Gasteiger charge is 2.13. The molecule has 2 rings (SSSR count). The van der Waals surface area contributed by atoms with Crippen LogP contribution in [0.5, 0.6) is 5.88 Å². The van der Waals surface area contributed by atoms with Crippen LogP contribution in [0.15, 0.2) is 6.07 Å². The number of nitrogens with zero attached hydrogens (tertiary/aromatic N) is 4. The normalized spacial score (nSPS) is 11.1. The van der Waals surface area contributed by atoms with Crippen LogP contribution >= 0.6 is 0 Å². The number of pyridine rings is 1. The monoisotopic (exact) mass is 244 g/mol. The lowest BCUT2D eigenvalue weighted by atomic mass is 10.1. The quantitative estimate of drug-likeness (QED) is 0.898. The first-order valence-electron chi connectivity index (χ1n) is 6.01. The lowest BCUT2D eigenvalue weighted by Gasteiger charge is -2.01. The molecule has 0 aliphatic carbocycles. The van der Waals surface area contributed by atoms with Crippen molar-refractivity contribution in [1.82, 2.24) is 14.6 Å². The zero-order valence-corrected chi connectivity index (χ0v) is 10.8. The SMILES string of the molecule is Cc1cc2nc(CCC(C)C)nn2c(O)c1C#N. The molecule has 0 saturated heterocycles. The molecule has 5 nitrogen and oxygen atoms in total. The summed E-state index contributed by atoms with van der Waals surface area (Å²) in [6.45, 7) is 6.07. The maximum Gasteiger partial charge on any atom is 0.232 e. The first-order valence-corrected chi connectivity index (χ1v) is 6.01. The second kappa shape index (κ2) is 4.65. The number of hydrogen-bond donors (Lipinski definition) is 1. The van der Waals surface area contributed by atoms with E-state index in [0.717, 1.165) is 12.8 Å². The molecule has 2 aromatic rings. The fourth-order valence-corrected chi connectivity index (χ4v) is 1.83. The average molecular weight is 244 g/mol. The summed E-state index contributed by atoms with van der Waals surface area (Å²) in [5.74, 6) is 1.16. The Morgan fingerprint density at radius 1 is 1.50 bits per heavy atom. The summed E-state index contributed by atoms with van der Waals surface area (Å²) >= 11 is 0. The second-order valence-corrected chi connectivity index (χ2v) is 4.87. The lowest BCUT2D eigenvalue weighted by Crippen LogP contribution is -1.96. The molecule has 0 saturated carbocycles. The zero-order chi connectivity index (χ0) is 13.3. The molecule has 0 fully saturated rings. The molecular weight excluding hydrogens is 228 g/mol. The Balaban J connectivity index is 2.46. The molecule has 0 unspecified atom stereocenters. The Bertz CT molecular complexity index is 622. The minimum Gasteiger partial charge on any atom is -0.492 e. The molecule has 18 heavy (non-hydrogen) atoms. The summed E-state index contributed by atoms with van der Waals surface area (Å²) in [6, 6.07) is 3.74. The molecule has 0 radical (unpaired) electrons. The number of rotatable bonds is 3. The van der Waals surface area contributed by atoms with Gasteiger partial charge in [0.15, 0.2) is 11.5 Å². The van der Waals surface area contributed by atoms with Crippen LogP contribution in [0.2, 0.25) is 0 Å². The van der Waals surface area contributed by atoms with Gasteiger partial charge in [-0.25, -0.2) is 4.98 Å². The third kappa shape index (κ3) is 2.14. The second-order valence-electron chi connectivity index (χ2n) is 4.87. The van der Waals surface area contributed by atoms with Gasteiger partial charge < -0.3 is 5.11 Å². The van der Waals surface area contributed by atoms with Crippen molar-refractivity contribution in [3.05, 3.63) is 23.0 Å². The Morgan fingerprint density at radius 3 is 2.83 bits per heavy atom. The molecule has 1 N–H and O–H groups in total. The van der Waals surface area contributed by atoms with Crippen LogP contribution in [0.1, 0.15) is 37.2 Å². The van der Waals surface area contributed by atoms with Crippen LogP contribution in [0.3, 0.4) is 0 Å². The predicted octanol–water partition coefficient (Wildman–Crippen LogP) is 2.20. The van der Waals surface area contributed by atoms with E-state index in [9.17, 15) is 5.11 Å². The molecular formula is C13H16N4O. The smallest absolute Gasteiger partial charge is 0.232 e. The molecule has 5 heteroatoms. The largest absolute Gasteiger partial charge is 0.492 e. The number of aromatic hydroxyl groups is 1. The van der Waals surface area contributed by atoms with Crippen LogP contribution in [0.25, 0.3) is 5.65 Å². The van der Waals surface area contributed by atoms with Crippen molar-refractivity contribution in [3.63, 3.8) is 0 Å². The fourth-order valence-electron chi connectivity index (χ4n) is 1.83. The van der Waals surface area contributed by atoms with Crippen molar-refractivity contribution in [2.75, 3.05) is 0 Å². The van der Waals surface area contributed by atoms with Gasteiger partial charge in [-0.1, -0.05) is 13.8 Å². The molecule has 0 aromatic carbocycles. The van der Waals surface area contributed by atoms with E-state index in [1.54, 1.807) is 13.0 Å². The van der Waals surface area contributed by atoms with Gasteiger partial charge in [0.2, 0.25) is 5.88 Å². The van der Waals surface area contributed by atoms with Gasteiger partial charge in [0.25, 0.3) is 0 Å². The molecule has 0 amide bonds. The Hall–Kier alpha value is -2.09. The summed E-state index contributed by atoms with van der Waals surface area (Å²) < 4.78 is 1.33. The Kier molecular flexibility index (Phi) is 3.19. The van der Waals surface area contributed by atoms with Crippen LogP contribution in [-0.4, -0.2) is 19.7 Å². The molecule has 0 aliphatic rings. The maximum absolute atomic E-state index is 9.96.